The zero-order valence-electron chi connectivity index (χ0n) is 11.6. The molecule has 2 atom stereocenters. The van der Waals surface area contributed by atoms with Crippen molar-refractivity contribution in [2.75, 3.05) is 20.3 Å². The van der Waals surface area contributed by atoms with E-state index in [-0.39, 0.29) is 12.6 Å². The summed E-state index contributed by atoms with van der Waals surface area (Å²) in [6, 6.07) is 6.40. The summed E-state index contributed by atoms with van der Waals surface area (Å²) in [5.74, 6) is 0.891. The number of methoxy groups -OCH3 is 1. The predicted octanol–water partition coefficient (Wildman–Crippen LogP) is 1.41. The van der Waals surface area contributed by atoms with E-state index in [4.69, 9.17) is 9.84 Å². The molecule has 0 spiro atoms. The highest BCUT2D eigenvalue weighted by Crippen LogP contribution is 2.32. The van der Waals surface area contributed by atoms with Gasteiger partial charge in [0, 0.05) is 12.6 Å². The van der Waals surface area contributed by atoms with Gasteiger partial charge in [-0.25, -0.2) is 0 Å². The molecule has 19 heavy (non-hydrogen) atoms. The summed E-state index contributed by atoms with van der Waals surface area (Å²) in [5, 5.41) is 22.3. The fraction of sp³-hybridized carbons (Fsp3) is 0.600. The van der Waals surface area contributed by atoms with Crippen LogP contribution in [0.4, 0.5) is 0 Å². The lowest BCUT2D eigenvalue weighted by atomic mass is 9.87. The molecule has 1 aliphatic rings. The molecule has 0 aromatic heterocycles. The van der Waals surface area contributed by atoms with Crippen molar-refractivity contribution in [3.63, 3.8) is 0 Å². The van der Waals surface area contributed by atoms with Crippen LogP contribution in [-0.2, 0) is 6.42 Å². The molecule has 2 unspecified atom stereocenters. The zero-order chi connectivity index (χ0) is 13.9. The molecule has 106 valence electrons. The van der Waals surface area contributed by atoms with E-state index in [1.54, 1.807) is 14.0 Å². The van der Waals surface area contributed by atoms with Gasteiger partial charge in [0.2, 0.25) is 0 Å². The van der Waals surface area contributed by atoms with Crippen molar-refractivity contribution in [1.82, 2.24) is 5.32 Å². The molecule has 0 radical (unpaired) electrons. The van der Waals surface area contributed by atoms with Crippen LogP contribution < -0.4 is 10.1 Å². The fourth-order valence-corrected chi connectivity index (χ4v) is 2.53. The molecule has 1 aromatic rings. The smallest absolute Gasteiger partial charge is 0.119 e. The summed E-state index contributed by atoms with van der Waals surface area (Å²) in [5.41, 5.74) is 1.52. The number of rotatable bonds is 5. The average Bonchev–Trinajstić information content (AvgIpc) is 2.44. The van der Waals surface area contributed by atoms with Crippen LogP contribution in [-0.4, -0.2) is 36.1 Å². The Labute approximate surface area is 114 Å². The maximum Gasteiger partial charge on any atom is 0.119 e. The minimum atomic E-state index is -1.07. The molecule has 0 heterocycles. The lowest BCUT2D eigenvalue weighted by Gasteiger charge is -2.30. The Hall–Kier alpha value is -1.10. The summed E-state index contributed by atoms with van der Waals surface area (Å²) in [6.07, 6.45) is 3.25. The second-order valence-electron chi connectivity index (χ2n) is 5.55. The number of aliphatic hydroxyl groups excluding tert-OH is 1. The van der Waals surface area contributed by atoms with E-state index < -0.39 is 5.60 Å². The van der Waals surface area contributed by atoms with Crippen molar-refractivity contribution in [1.29, 1.82) is 0 Å². The zero-order valence-corrected chi connectivity index (χ0v) is 11.6. The topological polar surface area (TPSA) is 61.7 Å². The fourth-order valence-electron chi connectivity index (χ4n) is 2.53. The van der Waals surface area contributed by atoms with Crippen molar-refractivity contribution in [2.45, 2.75) is 37.8 Å². The molecule has 1 aliphatic carbocycles. The highest BCUT2D eigenvalue weighted by atomic mass is 16.5. The summed E-state index contributed by atoms with van der Waals surface area (Å²) >= 11 is 0. The van der Waals surface area contributed by atoms with Crippen LogP contribution in [0.1, 0.15) is 36.9 Å². The van der Waals surface area contributed by atoms with Gasteiger partial charge in [-0.15, -0.1) is 0 Å². The molecular formula is C15H23NO3. The average molecular weight is 265 g/mol. The van der Waals surface area contributed by atoms with Crippen molar-refractivity contribution in [3.8, 4) is 5.75 Å². The Kier molecular flexibility index (Phi) is 4.45. The van der Waals surface area contributed by atoms with Crippen LogP contribution in [0.15, 0.2) is 18.2 Å². The molecular weight excluding hydrogens is 242 g/mol. The van der Waals surface area contributed by atoms with Crippen LogP contribution in [0, 0.1) is 0 Å². The normalized spacial score (nSPS) is 21.6. The Morgan fingerprint density at radius 3 is 2.95 bits per heavy atom. The number of aliphatic hydroxyl groups is 2. The Morgan fingerprint density at radius 1 is 1.47 bits per heavy atom. The van der Waals surface area contributed by atoms with Gasteiger partial charge in [-0.2, -0.15) is 0 Å². The summed E-state index contributed by atoms with van der Waals surface area (Å²) in [4.78, 5) is 0. The van der Waals surface area contributed by atoms with Gasteiger partial charge < -0.3 is 20.3 Å². The first-order valence-electron chi connectivity index (χ1n) is 6.79. The minimum absolute atomic E-state index is 0.234. The van der Waals surface area contributed by atoms with Crippen molar-refractivity contribution < 1.29 is 14.9 Å². The molecule has 0 bridgehead atoms. The highest BCUT2D eigenvalue weighted by Gasteiger charge is 2.24. The number of nitrogens with one attached hydrogen (secondary N) is 1. The standard InChI is InChI=1S/C15H23NO3/c1-15(18,10-17)9-16-14-5-3-4-11-8-12(19-2)6-7-13(11)14/h6-8,14,16-18H,3-5,9-10H2,1-2H3. The van der Waals surface area contributed by atoms with Crippen molar-refractivity contribution in [3.05, 3.63) is 29.3 Å². The van der Waals surface area contributed by atoms with Crippen LogP contribution in [0.2, 0.25) is 0 Å². The van der Waals surface area contributed by atoms with E-state index in [1.165, 1.54) is 11.1 Å². The van der Waals surface area contributed by atoms with Gasteiger partial charge in [0.15, 0.2) is 0 Å². The van der Waals surface area contributed by atoms with Gasteiger partial charge in [0.05, 0.1) is 19.3 Å². The SMILES string of the molecule is COc1ccc2c(c1)CCCC2NCC(C)(O)CO. The molecule has 0 saturated carbocycles. The first-order valence-corrected chi connectivity index (χ1v) is 6.79. The van der Waals surface area contributed by atoms with Crippen LogP contribution >= 0.6 is 0 Å². The molecule has 0 saturated heterocycles. The third-order valence-electron chi connectivity index (χ3n) is 3.73. The van der Waals surface area contributed by atoms with Gasteiger partial charge in [-0.3, -0.25) is 0 Å². The number of hydrogen-bond acceptors (Lipinski definition) is 4. The molecule has 0 amide bonds. The Balaban J connectivity index is 2.09. The van der Waals surface area contributed by atoms with Gasteiger partial charge >= 0.3 is 0 Å². The summed E-state index contributed by atoms with van der Waals surface area (Å²) in [7, 11) is 1.68. The third-order valence-corrected chi connectivity index (χ3v) is 3.73. The number of ether oxygens (including phenoxy) is 1. The maximum absolute atomic E-state index is 9.85. The molecule has 1 aromatic carbocycles. The lowest BCUT2D eigenvalue weighted by Crippen LogP contribution is -2.42. The van der Waals surface area contributed by atoms with Gasteiger partial charge in [0.1, 0.15) is 5.75 Å². The van der Waals surface area contributed by atoms with E-state index in [9.17, 15) is 5.11 Å². The first kappa shape index (κ1) is 14.3. The molecule has 0 aliphatic heterocycles. The van der Waals surface area contributed by atoms with Gasteiger partial charge in [-0.1, -0.05) is 6.07 Å². The molecule has 4 nitrogen and oxygen atoms in total. The van der Waals surface area contributed by atoms with E-state index in [0.29, 0.717) is 6.54 Å². The summed E-state index contributed by atoms with van der Waals surface area (Å²) < 4.78 is 5.25. The van der Waals surface area contributed by atoms with Crippen molar-refractivity contribution >= 4 is 0 Å². The maximum atomic E-state index is 9.85. The van der Waals surface area contributed by atoms with Crippen LogP contribution in [0.25, 0.3) is 0 Å². The highest BCUT2D eigenvalue weighted by molar-refractivity contribution is 5.39. The Morgan fingerprint density at radius 2 is 2.26 bits per heavy atom. The van der Waals surface area contributed by atoms with E-state index in [0.717, 1.165) is 25.0 Å². The quantitative estimate of drug-likeness (QED) is 0.753. The summed E-state index contributed by atoms with van der Waals surface area (Å²) in [6.45, 7) is 1.79. The van der Waals surface area contributed by atoms with Crippen molar-refractivity contribution in [2.24, 2.45) is 0 Å². The lowest BCUT2D eigenvalue weighted by molar-refractivity contribution is 0.000300. The van der Waals surface area contributed by atoms with E-state index >= 15 is 0 Å². The number of benzene rings is 1. The van der Waals surface area contributed by atoms with Gasteiger partial charge in [-0.05, 0) is 49.4 Å². The number of fused-ring (bicyclic) bond motifs is 1. The predicted molar refractivity (Wildman–Crippen MR) is 74.4 cm³/mol. The largest absolute Gasteiger partial charge is 0.497 e. The monoisotopic (exact) mass is 265 g/mol. The third kappa shape index (κ3) is 3.47. The minimum Gasteiger partial charge on any atom is -0.497 e. The van der Waals surface area contributed by atoms with E-state index in [1.807, 2.05) is 6.07 Å². The first-order chi connectivity index (χ1) is 9.05. The van der Waals surface area contributed by atoms with Gasteiger partial charge in [0.25, 0.3) is 0 Å². The van der Waals surface area contributed by atoms with E-state index in [2.05, 4.69) is 17.4 Å². The Bertz CT molecular complexity index is 431. The van der Waals surface area contributed by atoms with Crippen LogP contribution in [0.5, 0.6) is 5.75 Å². The second kappa shape index (κ2) is 5.90. The molecule has 3 N–H and O–H groups in total. The molecule has 0 fully saturated rings. The van der Waals surface area contributed by atoms with Crippen LogP contribution in [0.3, 0.4) is 0 Å². The second-order valence-corrected chi connectivity index (χ2v) is 5.55. The number of aryl methyl sites for hydroxylation is 1. The molecule has 4 heteroatoms. The molecule has 2 rings (SSSR count). The number of hydrogen-bond donors (Lipinski definition) is 3.